The minimum Gasteiger partial charge on any atom is -0.348 e. The molecule has 1 heterocycles. The molecule has 1 amide bonds. The number of amides is 1. The number of hydrogen-bond acceptors (Lipinski definition) is 2. The Hall–Kier alpha value is -2.69. The summed E-state index contributed by atoms with van der Waals surface area (Å²) in [4.78, 5) is 16.3. The van der Waals surface area contributed by atoms with Crippen LogP contribution in [0, 0.1) is 5.82 Å². The molecule has 0 fully saturated rings. The van der Waals surface area contributed by atoms with E-state index in [1.807, 2.05) is 17.7 Å². The SMILES string of the molecule is Cn1cnc2cc(C(=O)NCc3ccccc3F)ccc21. The second kappa shape index (κ2) is 5.36. The molecule has 0 aliphatic carbocycles. The van der Waals surface area contributed by atoms with Gasteiger partial charge in [0, 0.05) is 24.7 Å². The minimum atomic E-state index is -0.321. The van der Waals surface area contributed by atoms with E-state index in [4.69, 9.17) is 0 Å². The first-order chi connectivity index (χ1) is 10.1. The maximum atomic E-state index is 13.5. The lowest BCUT2D eigenvalue weighted by Gasteiger charge is -2.06. The topological polar surface area (TPSA) is 46.9 Å². The predicted octanol–water partition coefficient (Wildman–Crippen LogP) is 2.64. The number of imidazole rings is 1. The number of hydrogen-bond donors (Lipinski definition) is 1. The molecule has 0 aliphatic heterocycles. The van der Waals surface area contributed by atoms with Gasteiger partial charge in [0.2, 0.25) is 0 Å². The van der Waals surface area contributed by atoms with Gasteiger partial charge in [-0.05, 0) is 24.3 Å². The van der Waals surface area contributed by atoms with Gasteiger partial charge in [-0.3, -0.25) is 4.79 Å². The molecule has 106 valence electrons. The van der Waals surface area contributed by atoms with Gasteiger partial charge in [-0.15, -0.1) is 0 Å². The minimum absolute atomic E-state index is 0.158. The molecule has 21 heavy (non-hydrogen) atoms. The molecule has 0 atom stereocenters. The van der Waals surface area contributed by atoms with Crippen LogP contribution in [0.15, 0.2) is 48.8 Å². The number of benzene rings is 2. The highest BCUT2D eigenvalue weighted by atomic mass is 19.1. The van der Waals surface area contributed by atoms with Gasteiger partial charge in [-0.2, -0.15) is 0 Å². The molecule has 0 unspecified atom stereocenters. The molecule has 0 saturated carbocycles. The Balaban J connectivity index is 1.76. The van der Waals surface area contributed by atoms with Gasteiger partial charge in [0.1, 0.15) is 5.82 Å². The predicted molar refractivity (Wildman–Crippen MR) is 78.3 cm³/mol. The maximum absolute atomic E-state index is 13.5. The van der Waals surface area contributed by atoms with Crippen LogP contribution in [0.2, 0.25) is 0 Å². The van der Waals surface area contributed by atoms with Crippen molar-refractivity contribution in [3.8, 4) is 0 Å². The Morgan fingerprint density at radius 3 is 2.90 bits per heavy atom. The van der Waals surface area contributed by atoms with E-state index in [1.165, 1.54) is 6.07 Å². The lowest BCUT2D eigenvalue weighted by atomic mass is 10.1. The third-order valence-corrected chi connectivity index (χ3v) is 3.38. The van der Waals surface area contributed by atoms with E-state index in [2.05, 4.69) is 10.3 Å². The van der Waals surface area contributed by atoms with Crippen molar-refractivity contribution in [2.45, 2.75) is 6.54 Å². The monoisotopic (exact) mass is 283 g/mol. The van der Waals surface area contributed by atoms with Crippen molar-refractivity contribution >= 4 is 16.9 Å². The van der Waals surface area contributed by atoms with E-state index in [0.29, 0.717) is 11.1 Å². The summed E-state index contributed by atoms with van der Waals surface area (Å²) in [6.45, 7) is 0.158. The fourth-order valence-corrected chi connectivity index (χ4v) is 2.20. The summed E-state index contributed by atoms with van der Waals surface area (Å²) in [6, 6.07) is 11.7. The largest absolute Gasteiger partial charge is 0.348 e. The third-order valence-electron chi connectivity index (χ3n) is 3.38. The molecular formula is C16H14FN3O. The lowest BCUT2D eigenvalue weighted by Crippen LogP contribution is -2.23. The Morgan fingerprint density at radius 1 is 1.29 bits per heavy atom. The van der Waals surface area contributed by atoms with Crippen molar-refractivity contribution in [1.29, 1.82) is 0 Å². The second-order valence-corrected chi connectivity index (χ2v) is 4.83. The van der Waals surface area contributed by atoms with Crippen LogP contribution in [-0.4, -0.2) is 15.5 Å². The van der Waals surface area contributed by atoms with Crippen molar-refractivity contribution in [3.63, 3.8) is 0 Å². The van der Waals surface area contributed by atoms with Crippen molar-refractivity contribution in [2.75, 3.05) is 0 Å². The second-order valence-electron chi connectivity index (χ2n) is 4.83. The van der Waals surface area contributed by atoms with Gasteiger partial charge in [-0.1, -0.05) is 18.2 Å². The molecule has 3 aromatic rings. The highest BCUT2D eigenvalue weighted by molar-refractivity contribution is 5.97. The van der Waals surface area contributed by atoms with Crippen molar-refractivity contribution in [3.05, 3.63) is 65.7 Å². The fraction of sp³-hybridized carbons (Fsp3) is 0.125. The van der Waals surface area contributed by atoms with E-state index in [1.54, 1.807) is 36.7 Å². The standard InChI is InChI=1S/C16H14FN3O/c1-20-10-19-14-8-11(6-7-15(14)20)16(21)18-9-12-4-2-3-5-13(12)17/h2-8,10H,9H2,1H3,(H,18,21). The smallest absolute Gasteiger partial charge is 0.251 e. The number of carbonyl (C=O) groups excluding carboxylic acids is 1. The van der Waals surface area contributed by atoms with E-state index >= 15 is 0 Å². The molecule has 2 aromatic carbocycles. The average molecular weight is 283 g/mol. The lowest BCUT2D eigenvalue weighted by molar-refractivity contribution is 0.0950. The van der Waals surface area contributed by atoms with Gasteiger partial charge >= 0.3 is 0 Å². The van der Waals surface area contributed by atoms with E-state index in [0.717, 1.165) is 11.0 Å². The zero-order chi connectivity index (χ0) is 14.8. The van der Waals surface area contributed by atoms with Gasteiger partial charge in [0.25, 0.3) is 5.91 Å². The first-order valence-corrected chi connectivity index (χ1v) is 6.58. The summed E-state index contributed by atoms with van der Waals surface area (Å²) in [5.41, 5.74) is 2.69. The zero-order valence-corrected chi connectivity index (χ0v) is 11.5. The van der Waals surface area contributed by atoms with Crippen LogP contribution in [0.25, 0.3) is 11.0 Å². The molecule has 0 radical (unpaired) electrons. The number of halogens is 1. The molecule has 1 aromatic heterocycles. The molecule has 0 aliphatic rings. The summed E-state index contributed by atoms with van der Waals surface area (Å²) < 4.78 is 15.4. The van der Waals surface area contributed by atoms with Crippen LogP contribution in [0.1, 0.15) is 15.9 Å². The summed E-state index contributed by atoms with van der Waals surface area (Å²) in [7, 11) is 1.90. The van der Waals surface area contributed by atoms with Crippen LogP contribution >= 0.6 is 0 Å². The fourth-order valence-electron chi connectivity index (χ4n) is 2.20. The normalized spacial score (nSPS) is 10.8. The van der Waals surface area contributed by atoms with E-state index in [9.17, 15) is 9.18 Å². The zero-order valence-electron chi connectivity index (χ0n) is 11.5. The summed E-state index contributed by atoms with van der Waals surface area (Å²) in [5.74, 6) is -0.566. The van der Waals surface area contributed by atoms with Crippen LogP contribution < -0.4 is 5.32 Å². The highest BCUT2D eigenvalue weighted by Crippen LogP contribution is 2.14. The molecule has 4 nitrogen and oxygen atoms in total. The first kappa shape index (κ1) is 13.3. The average Bonchev–Trinajstić information content (AvgIpc) is 2.87. The van der Waals surface area contributed by atoms with Crippen LogP contribution in [0.5, 0.6) is 0 Å². The van der Waals surface area contributed by atoms with Crippen molar-refractivity contribution in [1.82, 2.24) is 14.9 Å². The van der Waals surface area contributed by atoms with Crippen LogP contribution in [0.3, 0.4) is 0 Å². The quantitative estimate of drug-likeness (QED) is 0.803. The molecule has 0 spiro atoms. The number of nitrogens with zero attached hydrogens (tertiary/aromatic N) is 2. The molecule has 0 saturated heterocycles. The third kappa shape index (κ3) is 2.63. The number of aryl methyl sites for hydroxylation is 1. The van der Waals surface area contributed by atoms with Crippen LogP contribution in [0.4, 0.5) is 4.39 Å². The van der Waals surface area contributed by atoms with Gasteiger partial charge in [0.05, 0.1) is 17.4 Å². The summed E-state index contributed by atoms with van der Waals surface area (Å²) in [6.07, 6.45) is 1.70. The summed E-state index contributed by atoms with van der Waals surface area (Å²) in [5, 5.41) is 2.71. The van der Waals surface area contributed by atoms with Crippen LogP contribution in [-0.2, 0) is 13.6 Å². The summed E-state index contributed by atoms with van der Waals surface area (Å²) >= 11 is 0. The number of rotatable bonds is 3. The Kier molecular flexibility index (Phi) is 3.39. The number of nitrogens with one attached hydrogen (secondary N) is 1. The van der Waals surface area contributed by atoms with Gasteiger partial charge < -0.3 is 9.88 Å². The maximum Gasteiger partial charge on any atom is 0.251 e. The molecule has 1 N–H and O–H groups in total. The van der Waals surface area contributed by atoms with Crippen molar-refractivity contribution in [2.24, 2.45) is 7.05 Å². The van der Waals surface area contributed by atoms with Gasteiger partial charge in [0.15, 0.2) is 0 Å². The van der Waals surface area contributed by atoms with Gasteiger partial charge in [-0.25, -0.2) is 9.37 Å². The number of carbonyl (C=O) groups is 1. The van der Waals surface area contributed by atoms with Crippen molar-refractivity contribution < 1.29 is 9.18 Å². The number of aromatic nitrogens is 2. The van der Waals surface area contributed by atoms with E-state index < -0.39 is 0 Å². The number of fused-ring (bicyclic) bond motifs is 1. The molecular weight excluding hydrogens is 269 g/mol. The van der Waals surface area contributed by atoms with E-state index in [-0.39, 0.29) is 18.3 Å². The molecule has 3 rings (SSSR count). The highest BCUT2D eigenvalue weighted by Gasteiger charge is 2.09. The molecule has 5 heteroatoms. The Bertz CT molecular complexity index is 810. The first-order valence-electron chi connectivity index (χ1n) is 6.58. The Morgan fingerprint density at radius 2 is 2.10 bits per heavy atom. The molecule has 0 bridgehead atoms. The Labute approximate surface area is 121 Å².